The Morgan fingerprint density at radius 2 is 1.97 bits per heavy atom. The molecule has 0 unspecified atom stereocenters. The molecular formula is C26H25FIN3O3. The minimum Gasteiger partial charge on any atom is -0.490 e. The maximum atomic E-state index is 13.2. The van der Waals surface area contributed by atoms with Crippen LogP contribution in [0.3, 0.4) is 0 Å². The van der Waals surface area contributed by atoms with E-state index in [0.717, 1.165) is 33.2 Å². The molecule has 1 heterocycles. The van der Waals surface area contributed by atoms with Crippen LogP contribution in [-0.4, -0.2) is 24.3 Å². The fourth-order valence-electron chi connectivity index (χ4n) is 4.49. The monoisotopic (exact) mass is 573 g/mol. The summed E-state index contributed by atoms with van der Waals surface area (Å²) in [5.41, 5.74) is 9.81. The van der Waals surface area contributed by atoms with E-state index >= 15 is 0 Å². The van der Waals surface area contributed by atoms with E-state index in [0.29, 0.717) is 41.5 Å². The molecule has 8 heteroatoms. The number of hydrogen-bond acceptors (Lipinski definition) is 6. The molecule has 2 aromatic rings. The van der Waals surface area contributed by atoms with Crippen molar-refractivity contribution >= 4 is 28.4 Å². The zero-order chi connectivity index (χ0) is 24.4. The number of allylic oxidation sites excluding steroid dienone is 3. The van der Waals surface area contributed by atoms with Crippen molar-refractivity contribution in [3.8, 4) is 17.6 Å². The van der Waals surface area contributed by atoms with Gasteiger partial charge in [-0.2, -0.15) is 5.26 Å². The Morgan fingerprint density at radius 1 is 1.24 bits per heavy atom. The van der Waals surface area contributed by atoms with Gasteiger partial charge in [-0.15, -0.1) is 0 Å². The lowest BCUT2D eigenvalue weighted by molar-refractivity contribution is -0.116. The summed E-state index contributed by atoms with van der Waals surface area (Å²) in [6, 6.07) is 12.1. The van der Waals surface area contributed by atoms with Gasteiger partial charge in [0, 0.05) is 24.7 Å². The normalized spacial score (nSPS) is 18.0. The van der Waals surface area contributed by atoms with E-state index in [9.17, 15) is 14.4 Å². The van der Waals surface area contributed by atoms with Crippen molar-refractivity contribution in [1.29, 1.82) is 5.26 Å². The van der Waals surface area contributed by atoms with E-state index in [1.165, 1.54) is 12.1 Å². The predicted octanol–water partition coefficient (Wildman–Crippen LogP) is 5.14. The highest BCUT2D eigenvalue weighted by Gasteiger charge is 2.39. The first-order chi connectivity index (χ1) is 16.3. The van der Waals surface area contributed by atoms with Gasteiger partial charge in [0.15, 0.2) is 17.3 Å². The third-order valence-electron chi connectivity index (χ3n) is 6.13. The summed E-state index contributed by atoms with van der Waals surface area (Å²) >= 11 is 2.17. The lowest BCUT2D eigenvalue weighted by atomic mass is 9.76. The standard InChI is InChI=1S/C26H25FIN3O3/c1-3-33-22-12-16(11-19(28)25(22)34-14-15-7-9-17(27)10-8-15)23-18(13-29)26(30)31(2)20-5-4-6-21(32)24(20)23/h7-12,23H,3-6,14,30H2,1-2H3/t23-/m1/s1. The smallest absolute Gasteiger partial charge is 0.174 e. The van der Waals surface area contributed by atoms with Crippen LogP contribution in [-0.2, 0) is 11.4 Å². The minimum absolute atomic E-state index is 0.0444. The van der Waals surface area contributed by atoms with Crippen LogP contribution in [0.4, 0.5) is 4.39 Å². The molecule has 0 aromatic heterocycles. The van der Waals surface area contributed by atoms with Crippen molar-refractivity contribution in [2.24, 2.45) is 5.73 Å². The molecule has 1 aliphatic heterocycles. The average Bonchev–Trinajstić information content (AvgIpc) is 2.82. The van der Waals surface area contributed by atoms with Gasteiger partial charge < -0.3 is 20.1 Å². The second-order valence-corrected chi connectivity index (χ2v) is 9.38. The van der Waals surface area contributed by atoms with Crippen LogP contribution in [0.15, 0.2) is 59.1 Å². The van der Waals surface area contributed by atoms with Gasteiger partial charge in [-0.25, -0.2) is 4.39 Å². The molecule has 0 fully saturated rings. The fraction of sp³-hybridized carbons (Fsp3) is 0.308. The molecule has 0 spiro atoms. The summed E-state index contributed by atoms with van der Waals surface area (Å²) in [6.07, 6.45) is 1.96. The zero-order valence-electron chi connectivity index (χ0n) is 19.0. The maximum Gasteiger partial charge on any atom is 0.174 e. The van der Waals surface area contributed by atoms with Crippen LogP contribution < -0.4 is 15.2 Å². The predicted molar refractivity (Wildman–Crippen MR) is 134 cm³/mol. The van der Waals surface area contributed by atoms with E-state index in [1.54, 1.807) is 24.1 Å². The topological polar surface area (TPSA) is 88.6 Å². The molecule has 1 atom stereocenters. The van der Waals surface area contributed by atoms with E-state index < -0.39 is 5.92 Å². The summed E-state index contributed by atoms with van der Waals surface area (Å²) < 4.78 is 26.0. The summed E-state index contributed by atoms with van der Waals surface area (Å²) in [5.74, 6) is 0.633. The Morgan fingerprint density at radius 3 is 2.65 bits per heavy atom. The van der Waals surface area contributed by atoms with Crippen molar-refractivity contribution < 1.29 is 18.7 Å². The van der Waals surface area contributed by atoms with Crippen molar-refractivity contribution in [3.05, 3.63) is 79.6 Å². The van der Waals surface area contributed by atoms with Crippen LogP contribution in [0.1, 0.15) is 43.2 Å². The van der Waals surface area contributed by atoms with Gasteiger partial charge in [-0.1, -0.05) is 12.1 Å². The minimum atomic E-state index is -0.553. The molecule has 0 amide bonds. The average molecular weight is 573 g/mol. The van der Waals surface area contributed by atoms with Crippen molar-refractivity contribution in [2.75, 3.05) is 13.7 Å². The van der Waals surface area contributed by atoms with Crippen LogP contribution in [0.25, 0.3) is 0 Å². The number of benzene rings is 2. The van der Waals surface area contributed by atoms with Gasteiger partial charge in [0.1, 0.15) is 18.2 Å². The van der Waals surface area contributed by atoms with Gasteiger partial charge >= 0.3 is 0 Å². The Hall–Kier alpha value is -3.06. The number of nitrogens with zero attached hydrogens (tertiary/aromatic N) is 2. The highest BCUT2D eigenvalue weighted by Crippen LogP contribution is 2.46. The largest absolute Gasteiger partial charge is 0.490 e. The second kappa shape index (κ2) is 10.1. The third kappa shape index (κ3) is 4.49. The van der Waals surface area contributed by atoms with Crippen LogP contribution in [0.2, 0.25) is 0 Å². The lowest BCUT2D eigenvalue weighted by Gasteiger charge is -2.37. The zero-order valence-corrected chi connectivity index (χ0v) is 21.2. The first kappa shape index (κ1) is 24.1. The number of halogens is 2. The maximum absolute atomic E-state index is 13.2. The highest BCUT2D eigenvalue weighted by atomic mass is 127. The molecule has 0 saturated carbocycles. The SMILES string of the molecule is CCOc1cc([C@@H]2C(C#N)=C(N)N(C)C3=C2C(=O)CCC3)cc(I)c1OCc1ccc(F)cc1. The molecule has 1 aliphatic carbocycles. The van der Waals surface area contributed by atoms with Crippen LogP contribution >= 0.6 is 22.6 Å². The van der Waals surface area contributed by atoms with Crippen LogP contribution in [0, 0.1) is 20.7 Å². The summed E-state index contributed by atoms with van der Waals surface area (Å²) in [5, 5.41) is 9.98. The molecule has 0 bridgehead atoms. The number of Topliss-reactive ketones (excluding diaryl/α,β-unsaturated/α-hetero) is 1. The third-order valence-corrected chi connectivity index (χ3v) is 6.93. The molecule has 6 nitrogen and oxygen atoms in total. The Bertz CT molecular complexity index is 1230. The summed E-state index contributed by atoms with van der Waals surface area (Å²) in [6.45, 7) is 2.53. The molecule has 4 rings (SSSR count). The first-order valence-corrected chi connectivity index (χ1v) is 12.2. The van der Waals surface area contributed by atoms with E-state index in [-0.39, 0.29) is 18.2 Å². The summed E-state index contributed by atoms with van der Waals surface area (Å²) in [4.78, 5) is 14.8. The van der Waals surface area contributed by atoms with Gasteiger partial charge in [-0.3, -0.25) is 4.79 Å². The molecular weight excluding hydrogens is 548 g/mol. The van der Waals surface area contributed by atoms with Crippen molar-refractivity contribution in [2.45, 2.75) is 38.7 Å². The number of nitriles is 1. The Labute approximate surface area is 212 Å². The number of rotatable bonds is 6. The number of carbonyl (C=O) groups is 1. The second-order valence-electron chi connectivity index (χ2n) is 8.22. The number of nitrogens with two attached hydrogens (primary N) is 1. The number of carbonyl (C=O) groups excluding carboxylic acids is 1. The summed E-state index contributed by atoms with van der Waals surface area (Å²) in [7, 11) is 1.80. The number of ketones is 1. The molecule has 0 radical (unpaired) electrons. The molecule has 0 saturated heterocycles. The van der Waals surface area contributed by atoms with Crippen molar-refractivity contribution in [1.82, 2.24) is 4.90 Å². The van der Waals surface area contributed by atoms with Gasteiger partial charge in [0.05, 0.1) is 27.7 Å². The van der Waals surface area contributed by atoms with E-state index in [1.807, 2.05) is 19.1 Å². The first-order valence-electron chi connectivity index (χ1n) is 11.1. The van der Waals surface area contributed by atoms with Crippen LogP contribution in [0.5, 0.6) is 11.5 Å². The van der Waals surface area contributed by atoms with Gasteiger partial charge in [-0.05, 0) is 77.7 Å². The van der Waals surface area contributed by atoms with Gasteiger partial charge in [0.2, 0.25) is 0 Å². The molecule has 2 aromatic carbocycles. The Balaban J connectivity index is 1.77. The lowest BCUT2D eigenvalue weighted by Crippen LogP contribution is -2.36. The molecule has 176 valence electrons. The molecule has 34 heavy (non-hydrogen) atoms. The highest BCUT2D eigenvalue weighted by molar-refractivity contribution is 14.1. The Kier molecular flexibility index (Phi) is 7.12. The van der Waals surface area contributed by atoms with E-state index in [2.05, 4.69) is 28.7 Å². The fourth-order valence-corrected chi connectivity index (χ4v) is 5.27. The number of hydrogen-bond donors (Lipinski definition) is 1. The molecule has 2 aliphatic rings. The van der Waals surface area contributed by atoms with Gasteiger partial charge in [0.25, 0.3) is 0 Å². The molecule has 2 N–H and O–H groups in total. The van der Waals surface area contributed by atoms with Crippen molar-refractivity contribution in [3.63, 3.8) is 0 Å². The number of ether oxygens (including phenoxy) is 2. The quantitative estimate of drug-likeness (QED) is 0.482. The van der Waals surface area contributed by atoms with E-state index in [4.69, 9.17) is 15.2 Å².